The van der Waals surface area contributed by atoms with Crippen LogP contribution in [0.3, 0.4) is 0 Å². The number of carbonyl (C=O) groups excluding carboxylic acids is 1. The van der Waals surface area contributed by atoms with Crippen LogP contribution in [0.15, 0.2) is 12.4 Å². The van der Waals surface area contributed by atoms with E-state index in [1.807, 2.05) is 25.0 Å². The maximum atomic E-state index is 12.4. The average Bonchev–Trinajstić information content (AvgIpc) is 3.04. The fraction of sp³-hybridized carbons (Fsp3) is 0.733. The number of carbonyl (C=O) groups is 1. The molecule has 1 aliphatic rings. The SMILES string of the molecule is CN(C)CCn1cc(NC(=O)N2CCC[C@H]2C(C)(C)O)cn1. The van der Waals surface area contributed by atoms with Gasteiger partial charge in [0.15, 0.2) is 0 Å². The number of nitrogens with one attached hydrogen (secondary N) is 1. The van der Waals surface area contributed by atoms with E-state index in [0.717, 1.165) is 25.9 Å². The van der Waals surface area contributed by atoms with Crippen molar-refractivity contribution in [3.8, 4) is 0 Å². The predicted octanol–water partition coefficient (Wildman–Crippen LogP) is 1.21. The summed E-state index contributed by atoms with van der Waals surface area (Å²) < 4.78 is 1.81. The molecule has 0 unspecified atom stereocenters. The molecule has 7 nitrogen and oxygen atoms in total. The third kappa shape index (κ3) is 4.20. The Morgan fingerprint density at radius 3 is 2.91 bits per heavy atom. The van der Waals surface area contributed by atoms with Crippen molar-refractivity contribution in [2.24, 2.45) is 0 Å². The van der Waals surface area contributed by atoms with Crippen molar-refractivity contribution >= 4 is 11.7 Å². The van der Waals surface area contributed by atoms with E-state index in [-0.39, 0.29) is 12.1 Å². The Morgan fingerprint density at radius 1 is 1.55 bits per heavy atom. The second-order valence-electron chi connectivity index (χ2n) is 6.73. The Hall–Kier alpha value is -1.60. The minimum Gasteiger partial charge on any atom is -0.388 e. The van der Waals surface area contributed by atoms with E-state index in [4.69, 9.17) is 0 Å². The molecule has 22 heavy (non-hydrogen) atoms. The number of aromatic nitrogens is 2. The molecular formula is C15H27N5O2. The molecule has 0 radical (unpaired) electrons. The van der Waals surface area contributed by atoms with E-state index in [9.17, 15) is 9.90 Å². The molecule has 0 aliphatic carbocycles. The lowest BCUT2D eigenvalue weighted by atomic mass is 9.97. The maximum Gasteiger partial charge on any atom is 0.322 e. The number of hydrogen-bond acceptors (Lipinski definition) is 4. The minimum atomic E-state index is -0.885. The number of likely N-dealkylation sites (N-methyl/N-ethyl adjacent to an activating group) is 1. The summed E-state index contributed by atoms with van der Waals surface area (Å²) in [7, 11) is 4.02. The molecule has 2 amide bonds. The maximum absolute atomic E-state index is 12.4. The highest BCUT2D eigenvalue weighted by atomic mass is 16.3. The predicted molar refractivity (Wildman–Crippen MR) is 85.8 cm³/mol. The van der Waals surface area contributed by atoms with Crippen LogP contribution < -0.4 is 5.32 Å². The van der Waals surface area contributed by atoms with Crippen LogP contribution in [0, 0.1) is 0 Å². The first-order valence-corrected chi connectivity index (χ1v) is 7.74. The highest BCUT2D eigenvalue weighted by Crippen LogP contribution is 2.27. The fourth-order valence-electron chi connectivity index (χ4n) is 2.79. The third-order valence-corrected chi connectivity index (χ3v) is 3.99. The number of likely N-dealkylation sites (tertiary alicyclic amines) is 1. The first-order chi connectivity index (χ1) is 10.3. The van der Waals surface area contributed by atoms with Gasteiger partial charge in [-0.2, -0.15) is 5.10 Å². The number of amides is 2. The molecule has 1 fully saturated rings. The van der Waals surface area contributed by atoms with Gasteiger partial charge in [-0.3, -0.25) is 4.68 Å². The van der Waals surface area contributed by atoms with Crippen molar-refractivity contribution in [1.29, 1.82) is 0 Å². The van der Waals surface area contributed by atoms with Crippen LogP contribution in [-0.4, -0.2) is 69.5 Å². The van der Waals surface area contributed by atoms with Crippen molar-refractivity contribution < 1.29 is 9.90 Å². The zero-order chi connectivity index (χ0) is 16.3. The Morgan fingerprint density at radius 2 is 2.27 bits per heavy atom. The summed E-state index contributed by atoms with van der Waals surface area (Å²) in [5.74, 6) is 0. The van der Waals surface area contributed by atoms with E-state index >= 15 is 0 Å². The van der Waals surface area contributed by atoms with Crippen molar-refractivity contribution in [2.45, 2.75) is 44.9 Å². The number of urea groups is 1. The third-order valence-electron chi connectivity index (χ3n) is 3.99. The van der Waals surface area contributed by atoms with Gasteiger partial charge in [-0.15, -0.1) is 0 Å². The summed E-state index contributed by atoms with van der Waals surface area (Å²) in [5.41, 5.74) is -0.200. The van der Waals surface area contributed by atoms with Crippen LogP contribution in [0.25, 0.3) is 0 Å². The molecule has 124 valence electrons. The topological polar surface area (TPSA) is 73.6 Å². The van der Waals surface area contributed by atoms with Crippen molar-refractivity contribution in [1.82, 2.24) is 19.6 Å². The standard InChI is InChI=1S/C15H27N5O2/c1-15(2,22)13-6-5-7-20(13)14(21)17-12-10-16-19(11-12)9-8-18(3)4/h10-11,13,22H,5-9H2,1-4H3,(H,17,21)/t13-/m0/s1. The molecule has 0 saturated carbocycles. The van der Waals surface area contributed by atoms with Crippen LogP contribution in [-0.2, 0) is 6.54 Å². The van der Waals surface area contributed by atoms with Gasteiger partial charge in [0.05, 0.1) is 30.1 Å². The summed E-state index contributed by atoms with van der Waals surface area (Å²) in [6.45, 7) is 5.85. The summed E-state index contributed by atoms with van der Waals surface area (Å²) >= 11 is 0. The first-order valence-electron chi connectivity index (χ1n) is 7.74. The highest BCUT2D eigenvalue weighted by Gasteiger charge is 2.38. The molecule has 0 spiro atoms. The van der Waals surface area contributed by atoms with Gasteiger partial charge in [0, 0.05) is 19.3 Å². The molecule has 1 aliphatic heterocycles. The van der Waals surface area contributed by atoms with E-state index in [2.05, 4.69) is 15.3 Å². The smallest absolute Gasteiger partial charge is 0.322 e. The lowest BCUT2D eigenvalue weighted by Crippen LogP contribution is -2.49. The Balaban J connectivity index is 1.94. The van der Waals surface area contributed by atoms with E-state index < -0.39 is 5.60 Å². The van der Waals surface area contributed by atoms with Crippen LogP contribution >= 0.6 is 0 Å². The van der Waals surface area contributed by atoms with Crippen LogP contribution in [0.1, 0.15) is 26.7 Å². The summed E-state index contributed by atoms with van der Waals surface area (Å²) in [5, 5.41) is 17.3. The van der Waals surface area contributed by atoms with Crippen molar-refractivity contribution in [3.63, 3.8) is 0 Å². The molecule has 1 atom stereocenters. The molecule has 2 N–H and O–H groups in total. The van der Waals surface area contributed by atoms with Gasteiger partial charge in [-0.05, 0) is 40.8 Å². The van der Waals surface area contributed by atoms with E-state index in [1.54, 1.807) is 24.9 Å². The first kappa shape index (κ1) is 16.8. The summed E-state index contributed by atoms with van der Waals surface area (Å²) in [6, 6.07) is -0.312. The number of anilines is 1. The zero-order valence-corrected chi connectivity index (χ0v) is 13.9. The van der Waals surface area contributed by atoms with Gasteiger partial charge >= 0.3 is 6.03 Å². The van der Waals surface area contributed by atoms with E-state index in [1.165, 1.54) is 0 Å². The van der Waals surface area contributed by atoms with Gasteiger partial charge < -0.3 is 20.2 Å². The normalized spacial score (nSPS) is 19.0. The molecule has 1 aromatic rings. The summed E-state index contributed by atoms with van der Waals surface area (Å²) in [6.07, 6.45) is 5.24. The molecule has 1 aromatic heterocycles. The van der Waals surface area contributed by atoms with Crippen LogP contribution in [0.4, 0.5) is 10.5 Å². The summed E-state index contributed by atoms with van der Waals surface area (Å²) in [4.78, 5) is 16.2. The van der Waals surface area contributed by atoms with Crippen LogP contribution in [0.2, 0.25) is 0 Å². The number of rotatable bonds is 5. The van der Waals surface area contributed by atoms with Gasteiger partial charge in [0.25, 0.3) is 0 Å². The molecule has 2 heterocycles. The lowest BCUT2D eigenvalue weighted by molar-refractivity contribution is 0.0117. The van der Waals surface area contributed by atoms with Gasteiger partial charge in [-0.25, -0.2) is 4.79 Å². The Labute approximate surface area is 131 Å². The Kier molecular flexibility index (Phi) is 5.08. The molecule has 2 rings (SSSR count). The molecule has 0 aromatic carbocycles. The second kappa shape index (κ2) is 6.66. The number of hydrogen-bond donors (Lipinski definition) is 2. The molecule has 1 saturated heterocycles. The monoisotopic (exact) mass is 309 g/mol. The molecule has 0 bridgehead atoms. The number of nitrogens with zero attached hydrogens (tertiary/aromatic N) is 4. The van der Waals surface area contributed by atoms with Crippen molar-refractivity contribution in [2.75, 3.05) is 32.5 Å². The lowest BCUT2D eigenvalue weighted by Gasteiger charge is -2.33. The second-order valence-corrected chi connectivity index (χ2v) is 6.73. The quantitative estimate of drug-likeness (QED) is 0.857. The fourth-order valence-corrected chi connectivity index (χ4v) is 2.79. The van der Waals surface area contributed by atoms with Crippen molar-refractivity contribution in [3.05, 3.63) is 12.4 Å². The molecular weight excluding hydrogens is 282 g/mol. The minimum absolute atomic E-state index is 0.142. The highest BCUT2D eigenvalue weighted by molar-refractivity contribution is 5.89. The van der Waals surface area contributed by atoms with Gasteiger partial charge in [-0.1, -0.05) is 0 Å². The zero-order valence-electron chi connectivity index (χ0n) is 13.9. The number of aliphatic hydroxyl groups is 1. The Bertz CT molecular complexity index is 506. The van der Waals surface area contributed by atoms with Crippen LogP contribution in [0.5, 0.6) is 0 Å². The van der Waals surface area contributed by atoms with Gasteiger partial charge in [0.1, 0.15) is 0 Å². The van der Waals surface area contributed by atoms with Gasteiger partial charge in [0.2, 0.25) is 0 Å². The largest absolute Gasteiger partial charge is 0.388 e. The van der Waals surface area contributed by atoms with E-state index in [0.29, 0.717) is 12.2 Å². The molecule has 7 heteroatoms. The average molecular weight is 309 g/mol.